The summed E-state index contributed by atoms with van der Waals surface area (Å²) in [6.45, 7) is 5.86. The molecule has 0 radical (unpaired) electrons. The number of carbonyl (C=O) groups excluding carboxylic acids is 1. The van der Waals surface area contributed by atoms with E-state index in [-0.39, 0.29) is 5.91 Å². The first-order chi connectivity index (χ1) is 13.6. The zero-order chi connectivity index (χ0) is 19.5. The lowest BCUT2D eigenvalue weighted by atomic mass is 9.91. The first-order valence-corrected chi connectivity index (χ1v) is 10.2. The quantitative estimate of drug-likeness (QED) is 0.729. The van der Waals surface area contributed by atoms with Crippen LogP contribution in [0.1, 0.15) is 40.4 Å². The molecule has 146 valence electrons. The third kappa shape index (κ3) is 3.83. The van der Waals surface area contributed by atoms with Gasteiger partial charge in [0.1, 0.15) is 5.69 Å². The highest BCUT2D eigenvalue weighted by Gasteiger charge is 2.21. The summed E-state index contributed by atoms with van der Waals surface area (Å²) in [7, 11) is 1.96. The van der Waals surface area contributed by atoms with Crippen LogP contribution in [0, 0.1) is 6.92 Å². The van der Waals surface area contributed by atoms with Gasteiger partial charge in [-0.25, -0.2) is 0 Å². The second-order valence-corrected chi connectivity index (χ2v) is 7.90. The number of carbonyl (C=O) groups is 1. The van der Waals surface area contributed by atoms with Crippen LogP contribution in [0.3, 0.4) is 0 Å². The van der Waals surface area contributed by atoms with Gasteiger partial charge in [0.25, 0.3) is 5.91 Å². The lowest BCUT2D eigenvalue weighted by Crippen LogP contribution is -2.40. The van der Waals surface area contributed by atoms with Crippen LogP contribution >= 0.6 is 0 Å². The molecule has 2 aromatic carbocycles. The molecule has 28 heavy (non-hydrogen) atoms. The Morgan fingerprint density at radius 2 is 1.96 bits per heavy atom. The number of aromatic nitrogens is 1. The zero-order valence-corrected chi connectivity index (χ0v) is 16.8. The van der Waals surface area contributed by atoms with E-state index in [2.05, 4.69) is 59.6 Å². The molecule has 1 N–H and O–H groups in total. The molecular weight excluding hydrogens is 346 g/mol. The average Bonchev–Trinajstić information content (AvgIpc) is 3.07. The van der Waals surface area contributed by atoms with E-state index < -0.39 is 0 Å². The van der Waals surface area contributed by atoms with Crippen LogP contribution in [0.25, 0.3) is 10.9 Å². The number of nitrogens with one attached hydrogen (secondary N) is 1. The number of piperidine rings is 1. The van der Waals surface area contributed by atoms with Gasteiger partial charge in [0.05, 0.1) is 0 Å². The van der Waals surface area contributed by atoms with Gasteiger partial charge in [-0.1, -0.05) is 42.5 Å². The highest BCUT2D eigenvalue weighted by molar-refractivity contribution is 5.99. The second-order valence-electron chi connectivity index (χ2n) is 7.90. The lowest BCUT2D eigenvalue weighted by Gasteiger charge is -2.33. The Balaban J connectivity index is 1.34. The molecule has 0 unspecified atom stereocenters. The van der Waals surface area contributed by atoms with Crippen molar-refractivity contribution in [1.82, 2.24) is 14.8 Å². The summed E-state index contributed by atoms with van der Waals surface area (Å²) in [5.41, 5.74) is 4.46. The minimum atomic E-state index is 0.00900. The number of amides is 1. The molecule has 1 fully saturated rings. The number of likely N-dealkylation sites (tertiary alicyclic amines) is 1. The zero-order valence-electron chi connectivity index (χ0n) is 16.8. The molecule has 1 aliphatic heterocycles. The van der Waals surface area contributed by atoms with Gasteiger partial charge in [0, 0.05) is 37.6 Å². The summed E-state index contributed by atoms with van der Waals surface area (Å²) in [5, 5.41) is 4.27. The topological polar surface area (TPSA) is 37.3 Å². The van der Waals surface area contributed by atoms with Gasteiger partial charge in [-0.05, 0) is 55.5 Å². The number of fused-ring (bicyclic) bond motifs is 1. The van der Waals surface area contributed by atoms with Crippen molar-refractivity contribution in [3.05, 3.63) is 71.4 Å². The summed E-state index contributed by atoms with van der Waals surface area (Å²) in [6.07, 6.45) is 2.47. The van der Waals surface area contributed by atoms with Gasteiger partial charge in [0.2, 0.25) is 0 Å². The predicted octanol–water partition coefficient (Wildman–Crippen LogP) is 4.10. The normalized spacial score (nSPS) is 17.7. The molecule has 0 aliphatic carbocycles. The predicted molar refractivity (Wildman–Crippen MR) is 115 cm³/mol. The summed E-state index contributed by atoms with van der Waals surface area (Å²) in [4.78, 5) is 15.2. The Morgan fingerprint density at radius 3 is 2.75 bits per heavy atom. The molecule has 0 saturated carbocycles. The van der Waals surface area contributed by atoms with Crippen LogP contribution in [-0.2, 0) is 7.05 Å². The SMILES string of the molecule is Cc1cccc2c1cc(C(=O)NCCN1CCC[C@H](c3ccccc3)C1)n2C. The summed E-state index contributed by atoms with van der Waals surface area (Å²) in [6, 6.07) is 19.0. The van der Waals surface area contributed by atoms with Crippen molar-refractivity contribution in [3.63, 3.8) is 0 Å². The fraction of sp³-hybridized carbons (Fsp3) is 0.375. The maximum atomic E-state index is 12.7. The molecule has 4 rings (SSSR count). The van der Waals surface area contributed by atoms with E-state index >= 15 is 0 Å². The molecule has 2 heterocycles. The van der Waals surface area contributed by atoms with E-state index in [1.54, 1.807) is 0 Å². The molecule has 4 heteroatoms. The maximum Gasteiger partial charge on any atom is 0.267 e. The molecule has 1 aromatic heterocycles. The number of hydrogen-bond donors (Lipinski definition) is 1. The van der Waals surface area contributed by atoms with Crippen molar-refractivity contribution in [2.45, 2.75) is 25.7 Å². The van der Waals surface area contributed by atoms with Crippen LogP contribution in [0.15, 0.2) is 54.6 Å². The van der Waals surface area contributed by atoms with Crippen molar-refractivity contribution in [1.29, 1.82) is 0 Å². The number of hydrogen-bond acceptors (Lipinski definition) is 2. The number of nitrogens with zero attached hydrogens (tertiary/aromatic N) is 2. The first kappa shape index (κ1) is 18.8. The Labute approximate surface area is 167 Å². The maximum absolute atomic E-state index is 12.7. The molecule has 3 aromatic rings. The fourth-order valence-corrected chi connectivity index (χ4v) is 4.40. The number of rotatable bonds is 5. The van der Waals surface area contributed by atoms with Crippen LogP contribution in [-0.4, -0.2) is 41.6 Å². The van der Waals surface area contributed by atoms with Crippen molar-refractivity contribution in [2.75, 3.05) is 26.2 Å². The summed E-state index contributed by atoms with van der Waals surface area (Å²) < 4.78 is 1.99. The van der Waals surface area contributed by atoms with Gasteiger partial charge >= 0.3 is 0 Å². The van der Waals surface area contributed by atoms with E-state index in [1.165, 1.54) is 24.0 Å². The van der Waals surface area contributed by atoms with Gasteiger partial charge in [-0.2, -0.15) is 0 Å². The molecule has 1 saturated heterocycles. The van der Waals surface area contributed by atoms with Crippen LogP contribution in [0.5, 0.6) is 0 Å². The Morgan fingerprint density at radius 1 is 1.14 bits per heavy atom. The van der Waals surface area contributed by atoms with E-state index in [0.717, 1.165) is 36.2 Å². The highest BCUT2D eigenvalue weighted by atomic mass is 16.1. The summed E-state index contributed by atoms with van der Waals surface area (Å²) >= 11 is 0. The Kier molecular flexibility index (Phi) is 5.49. The molecule has 1 aliphatic rings. The highest BCUT2D eigenvalue weighted by Crippen LogP contribution is 2.26. The summed E-state index contributed by atoms with van der Waals surface area (Å²) in [5.74, 6) is 0.613. The number of aryl methyl sites for hydroxylation is 2. The van der Waals surface area contributed by atoms with E-state index in [4.69, 9.17) is 0 Å². The smallest absolute Gasteiger partial charge is 0.267 e. The van der Waals surface area contributed by atoms with E-state index in [0.29, 0.717) is 12.5 Å². The molecule has 0 bridgehead atoms. The monoisotopic (exact) mass is 375 g/mol. The molecule has 0 spiro atoms. The standard InChI is InChI=1S/C24H29N3O/c1-18-8-6-12-22-21(18)16-23(26(22)2)24(28)25-13-15-27-14-7-11-20(17-27)19-9-4-3-5-10-19/h3-6,8-10,12,16,20H,7,11,13-15,17H2,1-2H3,(H,25,28)/t20-/m0/s1. The van der Waals surface area contributed by atoms with Crippen molar-refractivity contribution >= 4 is 16.8 Å². The van der Waals surface area contributed by atoms with Gasteiger partial charge in [0.15, 0.2) is 0 Å². The average molecular weight is 376 g/mol. The van der Waals surface area contributed by atoms with Crippen molar-refractivity contribution in [3.8, 4) is 0 Å². The van der Waals surface area contributed by atoms with Crippen molar-refractivity contribution in [2.24, 2.45) is 7.05 Å². The Hall–Kier alpha value is -2.59. The third-order valence-electron chi connectivity index (χ3n) is 6.03. The number of benzene rings is 2. The van der Waals surface area contributed by atoms with Crippen LogP contribution in [0.2, 0.25) is 0 Å². The second kappa shape index (κ2) is 8.19. The minimum absolute atomic E-state index is 0.00900. The van der Waals surface area contributed by atoms with E-state index in [1.807, 2.05) is 23.7 Å². The Bertz CT molecular complexity index is 961. The van der Waals surface area contributed by atoms with Crippen LogP contribution in [0.4, 0.5) is 0 Å². The van der Waals surface area contributed by atoms with Crippen molar-refractivity contribution < 1.29 is 4.79 Å². The molecule has 1 atom stereocenters. The lowest BCUT2D eigenvalue weighted by molar-refractivity contribution is 0.0938. The molecule has 1 amide bonds. The van der Waals surface area contributed by atoms with Gasteiger partial charge < -0.3 is 14.8 Å². The third-order valence-corrected chi connectivity index (χ3v) is 6.03. The molecular formula is C24H29N3O. The van der Waals surface area contributed by atoms with E-state index in [9.17, 15) is 4.79 Å². The largest absolute Gasteiger partial charge is 0.349 e. The molecule has 4 nitrogen and oxygen atoms in total. The van der Waals surface area contributed by atoms with Gasteiger partial charge in [-0.3, -0.25) is 4.79 Å². The minimum Gasteiger partial charge on any atom is -0.349 e. The first-order valence-electron chi connectivity index (χ1n) is 10.2. The van der Waals surface area contributed by atoms with Crippen LogP contribution < -0.4 is 5.32 Å². The fourth-order valence-electron chi connectivity index (χ4n) is 4.40. The van der Waals surface area contributed by atoms with Gasteiger partial charge in [-0.15, -0.1) is 0 Å².